The van der Waals surface area contributed by atoms with Gasteiger partial charge in [0.1, 0.15) is 0 Å². The summed E-state index contributed by atoms with van der Waals surface area (Å²) in [6.45, 7) is 0. The van der Waals surface area contributed by atoms with Gasteiger partial charge < -0.3 is 10.8 Å². The predicted molar refractivity (Wildman–Crippen MR) is 50.5 cm³/mol. The lowest BCUT2D eigenvalue weighted by atomic mass is 10.2. The molecule has 0 unspecified atom stereocenters. The van der Waals surface area contributed by atoms with Gasteiger partial charge in [-0.2, -0.15) is 0 Å². The second kappa shape index (κ2) is 3.51. The maximum absolute atomic E-state index is 13.1. The summed E-state index contributed by atoms with van der Waals surface area (Å²) in [5.74, 6) is -2.17. The fraction of sp³-hybridized carbons (Fsp3) is 0. The number of rotatable bonds is 1. The summed E-state index contributed by atoms with van der Waals surface area (Å²) in [6, 6.07) is 1.09. The molecule has 0 bridgehead atoms. The highest BCUT2D eigenvalue weighted by Gasteiger charge is 2.17. The molecule has 6 heteroatoms. The Labute approximate surface area is 86.4 Å². The number of carbonyl (C=O) groups is 1. The molecule has 13 heavy (non-hydrogen) atoms. The molecular weight excluding hydrogens is 264 g/mol. The average Bonchev–Trinajstić information content (AvgIpc) is 2.07. The van der Waals surface area contributed by atoms with Gasteiger partial charge in [-0.3, -0.25) is 0 Å². The van der Waals surface area contributed by atoms with E-state index in [4.69, 9.17) is 22.4 Å². The zero-order valence-electron chi connectivity index (χ0n) is 6.14. The van der Waals surface area contributed by atoms with Gasteiger partial charge in [-0.15, -0.1) is 0 Å². The minimum absolute atomic E-state index is 0.0240. The van der Waals surface area contributed by atoms with E-state index in [0.717, 1.165) is 6.07 Å². The Morgan fingerprint density at radius 1 is 1.69 bits per heavy atom. The van der Waals surface area contributed by atoms with Crippen LogP contribution in [0.5, 0.6) is 0 Å². The molecule has 0 amide bonds. The molecule has 0 aliphatic rings. The van der Waals surface area contributed by atoms with Crippen LogP contribution in [0.3, 0.4) is 0 Å². The second-order valence-electron chi connectivity index (χ2n) is 2.25. The van der Waals surface area contributed by atoms with Crippen LogP contribution < -0.4 is 5.73 Å². The molecule has 1 rings (SSSR count). The van der Waals surface area contributed by atoms with E-state index < -0.39 is 17.5 Å². The molecule has 3 N–H and O–H groups in total. The third kappa shape index (κ3) is 1.76. The number of carboxylic acid groups (broad SMARTS) is 1. The second-order valence-corrected chi connectivity index (χ2v) is 3.45. The number of nitrogen functional groups attached to an aromatic ring is 1. The molecule has 0 saturated carbocycles. The number of halogens is 3. The van der Waals surface area contributed by atoms with Gasteiger partial charge in [-0.25, -0.2) is 9.18 Å². The Kier molecular flexibility index (Phi) is 2.77. The normalized spacial score (nSPS) is 10.1. The van der Waals surface area contributed by atoms with Gasteiger partial charge in [0.2, 0.25) is 0 Å². The number of hydrogen-bond donors (Lipinski definition) is 2. The number of anilines is 1. The van der Waals surface area contributed by atoms with Crippen LogP contribution in [-0.4, -0.2) is 11.1 Å². The van der Waals surface area contributed by atoms with Crippen molar-refractivity contribution in [3.8, 4) is 0 Å². The van der Waals surface area contributed by atoms with Crippen molar-refractivity contribution in [1.29, 1.82) is 0 Å². The van der Waals surface area contributed by atoms with Crippen molar-refractivity contribution in [2.45, 2.75) is 0 Å². The molecule has 0 saturated heterocycles. The van der Waals surface area contributed by atoms with Crippen LogP contribution in [0.1, 0.15) is 10.4 Å². The third-order valence-corrected chi connectivity index (χ3v) is 2.73. The predicted octanol–water partition coefficient (Wildman–Crippen LogP) is 2.52. The van der Waals surface area contributed by atoms with Gasteiger partial charge in [0.05, 0.1) is 20.7 Å². The Morgan fingerprint density at radius 3 is 2.69 bits per heavy atom. The Morgan fingerprint density at radius 2 is 2.23 bits per heavy atom. The molecule has 1 aromatic carbocycles. The van der Waals surface area contributed by atoms with Gasteiger partial charge in [0.15, 0.2) is 5.82 Å². The van der Waals surface area contributed by atoms with E-state index in [1.165, 1.54) is 0 Å². The first-order chi connectivity index (χ1) is 5.95. The van der Waals surface area contributed by atoms with E-state index in [1.807, 2.05) is 0 Å². The Hall–Kier alpha value is -0.810. The monoisotopic (exact) mass is 267 g/mol. The third-order valence-electron chi connectivity index (χ3n) is 1.43. The van der Waals surface area contributed by atoms with E-state index in [0.29, 0.717) is 0 Å². The van der Waals surface area contributed by atoms with Crippen LogP contribution in [0.4, 0.5) is 10.1 Å². The number of aromatic carboxylic acids is 1. The zero-order valence-corrected chi connectivity index (χ0v) is 8.49. The standard InChI is InChI=1S/C7H4BrClFNO2/c8-4-3(9)1-2(7(12)13)6(11)5(4)10/h1H,11H2,(H,12,13). The van der Waals surface area contributed by atoms with Crippen LogP contribution in [-0.2, 0) is 0 Å². The quantitative estimate of drug-likeness (QED) is 0.607. The lowest BCUT2D eigenvalue weighted by molar-refractivity contribution is 0.0697. The molecular formula is C7H4BrClFNO2. The van der Waals surface area contributed by atoms with E-state index in [2.05, 4.69) is 15.9 Å². The first-order valence-electron chi connectivity index (χ1n) is 3.11. The van der Waals surface area contributed by atoms with Gasteiger partial charge in [0.25, 0.3) is 0 Å². The minimum atomic E-state index is -1.31. The SMILES string of the molecule is Nc1c(C(=O)O)cc(Cl)c(Br)c1F. The summed E-state index contributed by atoms with van der Waals surface area (Å²) in [5.41, 5.74) is 4.44. The fourth-order valence-corrected chi connectivity index (χ4v) is 1.31. The van der Waals surface area contributed by atoms with Gasteiger partial charge in [0, 0.05) is 0 Å². The minimum Gasteiger partial charge on any atom is -0.478 e. The summed E-state index contributed by atoms with van der Waals surface area (Å²) in [7, 11) is 0. The number of benzene rings is 1. The average molecular weight is 268 g/mol. The van der Waals surface area contributed by atoms with Crippen LogP contribution in [0.15, 0.2) is 10.5 Å². The molecule has 3 nitrogen and oxygen atoms in total. The van der Waals surface area contributed by atoms with Gasteiger partial charge in [-0.05, 0) is 22.0 Å². The number of carboxylic acids is 1. The molecule has 0 fully saturated rings. The smallest absolute Gasteiger partial charge is 0.337 e. The first kappa shape index (κ1) is 10.3. The van der Waals surface area contributed by atoms with Crippen molar-refractivity contribution in [2.24, 2.45) is 0 Å². The summed E-state index contributed by atoms with van der Waals surface area (Å²) in [5, 5.41) is 8.56. The number of nitrogens with two attached hydrogens (primary N) is 1. The van der Waals surface area contributed by atoms with Gasteiger partial charge in [-0.1, -0.05) is 11.6 Å². The summed E-state index contributed by atoms with van der Waals surface area (Å²) >= 11 is 8.36. The van der Waals surface area contributed by atoms with Crippen LogP contribution in [0, 0.1) is 5.82 Å². The van der Waals surface area contributed by atoms with E-state index in [9.17, 15) is 9.18 Å². The maximum Gasteiger partial charge on any atom is 0.337 e. The van der Waals surface area contributed by atoms with Crippen molar-refractivity contribution in [3.05, 3.63) is 26.9 Å². The highest BCUT2D eigenvalue weighted by atomic mass is 79.9. The highest BCUT2D eigenvalue weighted by Crippen LogP contribution is 2.31. The summed E-state index contributed by atoms with van der Waals surface area (Å²) in [4.78, 5) is 10.5. The van der Waals surface area contributed by atoms with E-state index >= 15 is 0 Å². The molecule has 0 aliphatic carbocycles. The zero-order chi connectivity index (χ0) is 10.2. The molecule has 0 heterocycles. The summed E-state index contributed by atoms with van der Waals surface area (Å²) < 4.78 is 13.1. The highest BCUT2D eigenvalue weighted by molar-refractivity contribution is 9.10. The molecule has 0 aromatic heterocycles. The molecule has 0 radical (unpaired) electrons. The largest absolute Gasteiger partial charge is 0.478 e. The van der Waals surface area contributed by atoms with Crippen molar-refractivity contribution >= 4 is 39.2 Å². The Balaban J connectivity index is 3.50. The first-order valence-corrected chi connectivity index (χ1v) is 4.28. The van der Waals surface area contributed by atoms with Crippen molar-refractivity contribution in [2.75, 3.05) is 5.73 Å². The molecule has 0 atom stereocenters. The topological polar surface area (TPSA) is 63.3 Å². The van der Waals surface area contributed by atoms with Crippen molar-refractivity contribution in [3.63, 3.8) is 0 Å². The van der Waals surface area contributed by atoms with Crippen molar-refractivity contribution < 1.29 is 14.3 Å². The van der Waals surface area contributed by atoms with Crippen molar-refractivity contribution in [1.82, 2.24) is 0 Å². The lowest BCUT2D eigenvalue weighted by Crippen LogP contribution is -2.05. The van der Waals surface area contributed by atoms with Crippen LogP contribution in [0.2, 0.25) is 5.02 Å². The van der Waals surface area contributed by atoms with E-state index in [-0.39, 0.29) is 15.1 Å². The molecule has 1 aromatic rings. The number of hydrogen-bond acceptors (Lipinski definition) is 2. The van der Waals surface area contributed by atoms with E-state index in [1.54, 1.807) is 0 Å². The maximum atomic E-state index is 13.1. The molecule has 70 valence electrons. The molecule has 0 spiro atoms. The Bertz CT molecular complexity index is 383. The van der Waals surface area contributed by atoms with Gasteiger partial charge >= 0.3 is 5.97 Å². The summed E-state index contributed by atoms with van der Waals surface area (Å²) in [6.07, 6.45) is 0. The van der Waals surface area contributed by atoms with Crippen LogP contribution >= 0.6 is 27.5 Å². The molecule has 0 aliphatic heterocycles. The van der Waals surface area contributed by atoms with Crippen LogP contribution in [0.25, 0.3) is 0 Å². The lowest BCUT2D eigenvalue weighted by Gasteiger charge is -2.05. The fourth-order valence-electron chi connectivity index (χ4n) is 0.786.